The first-order valence-electron chi connectivity index (χ1n) is 7.14. The van der Waals surface area contributed by atoms with Crippen LogP contribution in [0.3, 0.4) is 0 Å². The Morgan fingerprint density at radius 1 is 1.00 bits per heavy atom. The summed E-state index contributed by atoms with van der Waals surface area (Å²) in [4.78, 5) is 25.5. The van der Waals surface area contributed by atoms with Gasteiger partial charge in [-0.05, 0) is 18.6 Å². The Balaban J connectivity index is 2.95. The zero-order valence-corrected chi connectivity index (χ0v) is 13.5. The number of amides is 1. The number of esters is 1. The largest absolute Gasteiger partial charge is 0.497 e. The Bertz CT molecular complexity index is 493. The van der Waals surface area contributed by atoms with Crippen molar-refractivity contribution >= 4 is 11.9 Å². The van der Waals surface area contributed by atoms with Crippen molar-refractivity contribution in [1.29, 1.82) is 0 Å². The van der Waals surface area contributed by atoms with Gasteiger partial charge in [0, 0.05) is 24.7 Å². The van der Waals surface area contributed by atoms with Gasteiger partial charge in [-0.2, -0.15) is 0 Å². The highest BCUT2D eigenvalue weighted by Crippen LogP contribution is 2.23. The minimum atomic E-state index is -0.336. The number of carbonyl (C=O) groups is 2. The SMILES string of the molecule is CCCN(CCC(=O)OC)C(=O)c1cc(OC)cc(OC)c1. The molecule has 0 aliphatic carbocycles. The Kier molecular flexibility index (Phi) is 7.22. The first kappa shape index (κ1) is 17.8. The molecule has 0 atom stereocenters. The van der Waals surface area contributed by atoms with Gasteiger partial charge in [0.05, 0.1) is 27.8 Å². The van der Waals surface area contributed by atoms with Crippen molar-refractivity contribution in [2.24, 2.45) is 0 Å². The molecule has 0 N–H and O–H groups in total. The van der Waals surface area contributed by atoms with E-state index >= 15 is 0 Å². The summed E-state index contributed by atoms with van der Waals surface area (Å²) in [7, 11) is 4.40. The second kappa shape index (κ2) is 8.92. The minimum absolute atomic E-state index is 0.164. The lowest BCUT2D eigenvalue weighted by Crippen LogP contribution is -2.34. The molecule has 1 aromatic carbocycles. The maximum atomic E-state index is 12.6. The van der Waals surface area contributed by atoms with Crippen LogP contribution in [0.4, 0.5) is 0 Å². The summed E-state index contributed by atoms with van der Waals surface area (Å²) in [5.41, 5.74) is 0.467. The Morgan fingerprint density at radius 2 is 1.59 bits per heavy atom. The molecule has 1 amide bonds. The van der Waals surface area contributed by atoms with Crippen molar-refractivity contribution in [2.45, 2.75) is 19.8 Å². The summed E-state index contributed by atoms with van der Waals surface area (Å²) in [6.07, 6.45) is 0.970. The van der Waals surface area contributed by atoms with E-state index in [0.29, 0.717) is 30.2 Å². The Labute approximate surface area is 131 Å². The van der Waals surface area contributed by atoms with E-state index < -0.39 is 0 Å². The lowest BCUT2D eigenvalue weighted by molar-refractivity contribution is -0.140. The van der Waals surface area contributed by atoms with Gasteiger partial charge in [-0.1, -0.05) is 6.92 Å². The van der Waals surface area contributed by atoms with Crippen LogP contribution < -0.4 is 9.47 Å². The molecule has 0 spiro atoms. The number of ether oxygens (including phenoxy) is 3. The van der Waals surface area contributed by atoms with Gasteiger partial charge in [0.15, 0.2) is 0 Å². The highest BCUT2D eigenvalue weighted by molar-refractivity contribution is 5.95. The van der Waals surface area contributed by atoms with Crippen LogP contribution in [0.1, 0.15) is 30.1 Å². The molecule has 22 heavy (non-hydrogen) atoms. The normalized spacial score (nSPS) is 10.0. The van der Waals surface area contributed by atoms with Crippen molar-refractivity contribution in [3.8, 4) is 11.5 Å². The lowest BCUT2D eigenvalue weighted by atomic mass is 10.1. The molecule has 0 radical (unpaired) electrons. The van der Waals surface area contributed by atoms with E-state index in [9.17, 15) is 9.59 Å². The molecule has 6 nitrogen and oxygen atoms in total. The van der Waals surface area contributed by atoms with Crippen molar-refractivity contribution < 1.29 is 23.8 Å². The number of methoxy groups -OCH3 is 3. The van der Waals surface area contributed by atoms with Gasteiger partial charge in [0.1, 0.15) is 11.5 Å². The molecule has 0 aromatic heterocycles. The van der Waals surface area contributed by atoms with Crippen molar-refractivity contribution in [3.05, 3.63) is 23.8 Å². The van der Waals surface area contributed by atoms with Crippen LogP contribution in [-0.2, 0) is 9.53 Å². The first-order valence-corrected chi connectivity index (χ1v) is 7.14. The van der Waals surface area contributed by atoms with Gasteiger partial charge in [0.2, 0.25) is 0 Å². The quantitative estimate of drug-likeness (QED) is 0.688. The molecular formula is C16H23NO5. The summed E-state index contributed by atoms with van der Waals surface area (Å²) in [5, 5.41) is 0. The molecule has 0 saturated heterocycles. The first-order chi connectivity index (χ1) is 10.5. The second-order valence-corrected chi connectivity index (χ2v) is 4.72. The summed E-state index contributed by atoms with van der Waals surface area (Å²) in [6.45, 7) is 2.86. The van der Waals surface area contributed by atoms with E-state index in [1.165, 1.54) is 21.3 Å². The number of carbonyl (C=O) groups excluding carboxylic acids is 2. The molecule has 0 heterocycles. The Morgan fingerprint density at radius 3 is 2.05 bits per heavy atom. The van der Waals surface area contributed by atoms with Crippen LogP contribution in [0.5, 0.6) is 11.5 Å². The Hall–Kier alpha value is -2.24. The van der Waals surface area contributed by atoms with Gasteiger partial charge in [-0.25, -0.2) is 0 Å². The number of nitrogens with zero attached hydrogens (tertiary/aromatic N) is 1. The zero-order valence-electron chi connectivity index (χ0n) is 13.5. The van der Waals surface area contributed by atoms with Crippen LogP contribution >= 0.6 is 0 Å². The van der Waals surface area contributed by atoms with E-state index in [2.05, 4.69) is 4.74 Å². The van der Waals surface area contributed by atoms with Crippen LogP contribution in [0.15, 0.2) is 18.2 Å². The lowest BCUT2D eigenvalue weighted by Gasteiger charge is -2.22. The van der Waals surface area contributed by atoms with Crippen molar-refractivity contribution in [1.82, 2.24) is 4.90 Å². The number of benzene rings is 1. The molecular weight excluding hydrogens is 286 g/mol. The van der Waals surface area contributed by atoms with E-state index in [4.69, 9.17) is 9.47 Å². The fourth-order valence-corrected chi connectivity index (χ4v) is 2.03. The standard InChI is InChI=1S/C16H23NO5/c1-5-7-17(8-6-15(18)22-4)16(19)12-9-13(20-2)11-14(10-12)21-3/h9-11H,5-8H2,1-4H3. The van der Waals surface area contributed by atoms with Gasteiger partial charge >= 0.3 is 5.97 Å². The highest BCUT2D eigenvalue weighted by atomic mass is 16.5. The number of hydrogen-bond acceptors (Lipinski definition) is 5. The summed E-state index contributed by atoms with van der Waals surface area (Å²) in [5.74, 6) is 0.597. The molecule has 0 aliphatic rings. The molecule has 6 heteroatoms. The zero-order chi connectivity index (χ0) is 16.5. The molecule has 0 saturated carbocycles. The summed E-state index contributed by atoms with van der Waals surface area (Å²) < 4.78 is 15.0. The molecule has 0 bridgehead atoms. The summed E-state index contributed by atoms with van der Waals surface area (Å²) in [6, 6.07) is 5.02. The van der Waals surface area contributed by atoms with Gasteiger partial charge in [-0.15, -0.1) is 0 Å². The minimum Gasteiger partial charge on any atom is -0.497 e. The van der Waals surface area contributed by atoms with E-state index in [1.54, 1.807) is 23.1 Å². The number of rotatable bonds is 8. The fraction of sp³-hybridized carbons (Fsp3) is 0.500. The van der Waals surface area contributed by atoms with Crippen molar-refractivity contribution in [3.63, 3.8) is 0 Å². The highest BCUT2D eigenvalue weighted by Gasteiger charge is 2.18. The van der Waals surface area contributed by atoms with Crippen molar-refractivity contribution in [2.75, 3.05) is 34.4 Å². The van der Waals surface area contributed by atoms with Crippen LogP contribution in [0.2, 0.25) is 0 Å². The predicted octanol–water partition coefficient (Wildman–Crippen LogP) is 2.12. The predicted molar refractivity (Wildman–Crippen MR) is 82.4 cm³/mol. The number of hydrogen-bond donors (Lipinski definition) is 0. The smallest absolute Gasteiger partial charge is 0.307 e. The molecule has 1 aromatic rings. The van der Waals surface area contributed by atoms with Gasteiger partial charge in [-0.3, -0.25) is 9.59 Å². The topological polar surface area (TPSA) is 65.1 Å². The summed E-state index contributed by atoms with van der Waals surface area (Å²) >= 11 is 0. The average molecular weight is 309 g/mol. The maximum absolute atomic E-state index is 12.6. The molecule has 0 unspecified atom stereocenters. The third-order valence-corrected chi connectivity index (χ3v) is 3.19. The van der Waals surface area contributed by atoms with E-state index in [0.717, 1.165) is 6.42 Å². The fourth-order valence-electron chi connectivity index (χ4n) is 2.03. The molecule has 0 aliphatic heterocycles. The second-order valence-electron chi connectivity index (χ2n) is 4.72. The maximum Gasteiger partial charge on any atom is 0.307 e. The monoisotopic (exact) mass is 309 g/mol. The average Bonchev–Trinajstić information content (AvgIpc) is 2.56. The van der Waals surface area contributed by atoms with Crippen LogP contribution in [0, 0.1) is 0 Å². The van der Waals surface area contributed by atoms with Gasteiger partial charge in [0.25, 0.3) is 5.91 Å². The van der Waals surface area contributed by atoms with Crippen LogP contribution in [-0.4, -0.2) is 51.2 Å². The molecule has 0 fully saturated rings. The molecule has 122 valence electrons. The van der Waals surface area contributed by atoms with E-state index in [-0.39, 0.29) is 18.3 Å². The molecule has 1 rings (SSSR count). The van der Waals surface area contributed by atoms with E-state index in [1.807, 2.05) is 6.92 Å². The van der Waals surface area contributed by atoms with Gasteiger partial charge < -0.3 is 19.1 Å². The van der Waals surface area contributed by atoms with Crippen LogP contribution in [0.25, 0.3) is 0 Å². The third-order valence-electron chi connectivity index (χ3n) is 3.19. The third kappa shape index (κ3) is 4.95.